The fourth-order valence-electron chi connectivity index (χ4n) is 1.86. The van der Waals surface area contributed by atoms with Crippen molar-refractivity contribution in [1.29, 1.82) is 0 Å². The van der Waals surface area contributed by atoms with Crippen LogP contribution in [0.15, 0.2) is 41.0 Å². The number of aromatic nitrogens is 1. The highest BCUT2D eigenvalue weighted by Crippen LogP contribution is 2.26. The molecule has 0 fully saturated rings. The van der Waals surface area contributed by atoms with E-state index in [1.807, 2.05) is 25.4 Å². The molecule has 0 unspecified atom stereocenters. The standard InChI is InChI=1S/C14H16BrN3/c1-10-7-12(15)9-17-14(10)18(2)13-5-3-11(8-16)4-6-13/h3-7,9H,8,16H2,1-2H3. The van der Waals surface area contributed by atoms with Gasteiger partial charge in [-0.2, -0.15) is 0 Å². The molecule has 0 atom stereocenters. The lowest BCUT2D eigenvalue weighted by Crippen LogP contribution is -2.12. The minimum Gasteiger partial charge on any atom is -0.329 e. The second-order valence-corrected chi connectivity index (χ2v) is 5.14. The van der Waals surface area contributed by atoms with E-state index in [1.165, 1.54) is 0 Å². The van der Waals surface area contributed by atoms with Crippen LogP contribution in [0.1, 0.15) is 11.1 Å². The van der Waals surface area contributed by atoms with E-state index in [0.29, 0.717) is 6.54 Å². The first-order chi connectivity index (χ1) is 8.61. The molecule has 2 rings (SSSR count). The zero-order chi connectivity index (χ0) is 13.1. The summed E-state index contributed by atoms with van der Waals surface area (Å²) >= 11 is 3.43. The molecule has 0 radical (unpaired) electrons. The summed E-state index contributed by atoms with van der Waals surface area (Å²) in [5.41, 5.74) is 8.96. The average molecular weight is 306 g/mol. The summed E-state index contributed by atoms with van der Waals surface area (Å²) in [5, 5.41) is 0. The number of rotatable bonds is 3. The molecular weight excluding hydrogens is 290 g/mol. The summed E-state index contributed by atoms with van der Waals surface area (Å²) in [7, 11) is 2.01. The monoisotopic (exact) mass is 305 g/mol. The van der Waals surface area contributed by atoms with E-state index in [1.54, 1.807) is 0 Å². The molecular formula is C14H16BrN3. The minimum atomic E-state index is 0.569. The Morgan fingerprint density at radius 3 is 2.50 bits per heavy atom. The van der Waals surface area contributed by atoms with Crippen molar-refractivity contribution in [1.82, 2.24) is 4.98 Å². The quantitative estimate of drug-likeness (QED) is 0.945. The second kappa shape index (κ2) is 5.50. The minimum absolute atomic E-state index is 0.569. The van der Waals surface area contributed by atoms with Gasteiger partial charge in [-0.15, -0.1) is 0 Å². The summed E-state index contributed by atoms with van der Waals surface area (Å²) in [6.45, 7) is 2.62. The van der Waals surface area contributed by atoms with Crippen molar-refractivity contribution in [3.05, 3.63) is 52.1 Å². The fourth-order valence-corrected chi connectivity index (χ4v) is 2.31. The molecule has 0 aliphatic carbocycles. The predicted octanol–water partition coefficient (Wildman–Crippen LogP) is 3.38. The van der Waals surface area contributed by atoms with Crippen LogP contribution in [0.4, 0.5) is 11.5 Å². The first-order valence-electron chi connectivity index (χ1n) is 5.76. The fraction of sp³-hybridized carbons (Fsp3) is 0.214. The number of halogens is 1. The van der Waals surface area contributed by atoms with E-state index in [2.05, 4.69) is 50.9 Å². The molecule has 0 spiro atoms. The topological polar surface area (TPSA) is 42.2 Å². The summed E-state index contributed by atoms with van der Waals surface area (Å²) in [4.78, 5) is 6.52. The van der Waals surface area contributed by atoms with E-state index in [-0.39, 0.29) is 0 Å². The molecule has 0 aliphatic heterocycles. The number of benzene rings is 1. The number of hydrogen-bond donors (Lipinski definition) is 1. The molecule has 1 aromatic heterocycles. The van der Waals surface area contributed by atoms with Crippen LogP contribution in [0.25, 0.3) is 0 Å². The van der Waals surface area contributed by atoms with Gasteiger partial charge < -0.3 is 10.6 Å². The molecule has 0 amide bonds. The number of anilines is 2. The van der Waals surface area contributed by atoms with Crippen LogP contribution >= 0.6 is 15.9 Å². The Hall–Kier alpha value is -1.39. The van der Waals surface area contributed by atoms with Gasteiger partial charge in [0.25, 0.3) is 0 Å². The maximum absolute atomic E-state index is 5.60. The lowest BCUT2D eigenvalue weighted by Gasteiger charge is -2.20. The number of aryl methyl sites for hydroxylation is 1. The van der Waals surface area contributed by atoms with Gasteiger partial charge in [0.15, 0.2) is 0 Å². The third kappa shape index (κ3) is 2.71. The van der Waals surface area contributed by atoms with Gasteiger partial charge in [-0.25, -0.2) is 4.98 Å². The lowest BCUT2D eigenvalue weighted by molar-refractivity contribution is 1.06. The average Bonchev–Trinajstić information content (AvgIpc) is 2.38. The molecule has 4 heteroatoms. The van der Waals surface area contributed by atoms with Crippen molar-refractivity contribution in [2.75, 3.05) is 11.9 Å². The molecule has 18 heavy (non-hydrogen) atoms. The number of nitrogens with zero attached hydrogens (tertiary/aromatic N) is 2. The smallest absolute Gasteiger partial charge is 0.135 e. The third-order valence-corrected chi connectivity index (χ3v) is 3.33. The highest BCUT2D eigenvalue weighted by atomic mass is 79.9. The molecule has 1 heterocycles. The molecule has 2 aromatic rings. The number of hydrogen-bond acceptors (Lipinski definition) is 3. The Labute approximate surface area is 116 Å². The SMILES string of the molecule is Cc1cc(Br)cnc1N(C)c1ccc(CN)cc1. The van der Waals surface area contributed by atoms with Crippen LogP contribution in [0.5, 0.6) is 0 Å². The molecule has 1 aromatic carbocycles. The van der Waals surface area contributed by atoms with Crippen molar-refractivity contribution in [2.24, 2.45) is 5.73 Å². The normalized spacial score (nSPS) is 10.4. The second-order valence-electron chi connectivity index (χ2n) is 4.22. The highest BCUT2D eigenvalue weighted by Gasteiger charge is 2.08. The third-order valence-electron chi connectivity index (χ3n) is 2.89. The van der Waals surface area contributed by atoms with E-state index in [4.69, 9.17) is 5.73 Å². The summed E-state index contributed by atoms with van der Waals surface area (Å²) in [6, 6.07) is 10.3. The molecule has 0 bridgehead atoms. The molecule has 0 saturated carbocycles. The van der Waals surface area contributed by atoms with Gasteiger partial charge in [-0.3, -0.25) is 0 Å². The zero-order valence-electron chi connectivity index (χ0n) is 10.5. The van der Waals surface area contributed by atoms with Gasteiger partial charge in [-0.05, 0) is 52.2 Å². The van der Waals surface area contributed by atoms with Gasteiger partial charge >= 0.3 is 0 Å². The number of nitrogens with two attached hydrogens (primary N) is 1. The van der Waals surface area contributed by atoms with Crippen molar-refractivity contribution >= 4 is 27.4 Å². The van der Waals surface area contributed by atoms with Crippen LogP contribution in [0.3, 0.4) is 0 Å². The molecule has 3 nitrogen and oxygen atoms in total. The Morgan fingerprint density at radius 1 is 1.28 bits per heavy atom. The number of pyridine rings is 1. The van der Waals surface area contributed by atoms with Gasteiger partial charge in [0, 0.05) is 29.9 Å². The largest absolute Gasteiger partial charge is 0.329 e. The van der Waals surface area contributed by atoms with Crippen LogP contribution in [-0.2, 0) is 6.54 Å². The van der Waals surface area contributed by atoms with Crippen LogP contribution < -0.4 is 10.6 Å². The van der Waals surface area contributed by atoms with Gasteiger partial charge in [0.05, 0.1) is 0 Å². The van der Waals surface area contributed by atoms with Crippen molar-refractivity contribution in [2.45, 2.75) is 13.5 Å². The maximum Gasteiger partial charge on any atom is 0.135 e. The summed E-state index contributed by atoms with van der Waals surface area (Å²) < 4.78 is 0.996. The Morgan fingerprint density at radius 2 is 1.94 bits per heavy atom. The Balaban J connectivity index is 2.31. The highest BCUT2D eigenvalue weighted by molar-refractivity contribution is 9.10. The van der Waals surface area contributed by atoms with Gasteiger partial charge in [0.2, 0.25) is 0 Å². The molecule has 94 valence electrons. The Kier molecular flexibility index (Phi) is 3.99. The van der Waals surface area contributed by atoms with E-state index in [0.717, 1.165) is 27.1 Å². The van der Waals surface area contributed by atoms with Crippen LogP contribution in [0, 0.1) is 6.92 Å². The summed E-state index contributed by atoms with van der Waals surface area (Å²) in [6.07, 6.45) is 1.81. The van der Waals surface area contributed by atoms with E-state index >= 15 is 0 Å². The van der Waals surface area contributed by atoms with Crippen molar-refractivity contribution in [3.63, 3.8) is 0 Å². The predicted molar refractivity (Wildman–Crippen MR) is 79.1 cm³/mol. The van der Waals surface area contributed by atoms with Gasteiger partial charge in [-0.1, -0.05) is 12.1 Å². The van der Waals surface area contributed by atoms with Crippen molar-refractivity contribution < 1.29 is 0 Å². The van der Waals surface area contributed by atoms with E-state index in [9.17, 15) is 0 Å². The molecule has 0 saturated heterocycles. The maximum atomic E-state index is 5.60. The van der Waals surface area contributed by atoms with Gasteiger partial charge in [0.1, 0.15) is 5.82 Å². The molecule has 0 aliphatic rings. The zero-order valence-corrected chi connectivity index (χ0v) is 12.1. The van der Waals surface area contributed by atoms with E-state index < -0.39 is 0 Å². The van der Waals surface area contributed by atoms with Crippen molar-refractivity contribution in [3.8, 4) is 0 Å². The first kappa shape index (κ1) is 13.1. The lowest BCUT2D eigenvalue weighted by atomic mass is 10.2. The van der Waals surface area contributed by atoms with Crippen LogP contribution in [-0.4, -0.2) is 12.0 Å². The Bertz CT molecular complexity index is 537. The molecule has 2 N–H and O–H groups in total. The first-order valence-corrected chi connectivity index (χ1v) is 6.56. The van der Waals surface area contributed by atoms with Crippen LogP contribution in [0.2, 0.25) is 0 Å². The summed E-state index contributed by atoms with van der Waals surface area (Å²) in [5.74, 6) is 0.957.